The quantitative estimate of drug-likeness (QED) is 0.157. The highest BCUT2D eigenvalue weighted by Gasteiger charge is 2.48. The van der Waals surface area contributed by atoms with Gasteiger partial charge < -0.3 is 13.7 Å². The largest absolute Gasteiger partial charge is 0.534 e. The zero-order chi connectivity index (χ0) is 33.0. The molecule has 0 amide bonds. The first-order valence-electron chi connectivity index (χ1n) is 13.7. The van der Waals surface area contributed by atoms with Gasteiger partial charge in [0.2, 0.25) is 5.88 Å². The van der Waals surface area contributed by atoms with Crippen molar-refractivity contribution in [3.63, 3.8) is 0 Å². The normalized spacial score (nSPS) is 11.7. The number of alkyl halides is 3. The molecule has 0 aliphatic carbocycles. The molecular formula is C32H21F3N6O5S. The fraction of sp³-hybridized carbons (Fsp3) is 0.0625. The molecule has 236 valence electrons. The van der Waals surface area contributed by atoms with E-state index >= 15 is 0 Å². The second-order valence-corrected chi connectivity index (χ2v) is 11.2. The molecule has 1 N–H and O–H groups in total. The lowest BCUT2D eigenvalue weighted by Gasteiger charge is -2.10. The highest BCUT2D eigenvalue weighted by Crippen LogP contribution is 2.31. The van der Waals surface area contributed by atoms with Gasteiger partial charge in [-0.15, -0.1) is 0 Å². The van der Waals surface area contributed by atoms with Gasteiger partial charge in [0.15, 0.2) is 5.76 Å². The molecule has 0 radical (unpaired) electrons. The van der Waals surface area contributed by atoms with E-state index in [0.29, 0.717) is 33.9 Å². The van der Waals surface area contributed by atoms with Crippen LogP contribution >= 0.6 is 0 Å². The number of hydrogen-bond donors (Lipinski definition) is 1. The molecule has 0 saturated heterocycles. The first-order valence-corrected chi connectivity index (χ1v) is 15.1. The van der Waals surface area contributed by atoms with Crippen molar-refractivity contribution in [1.82, 2.24) is 29.9 Å². The SMILES string of the molecule is O=S(=O)(Oc1ccc2nccc(-c3ccncc3)c2n1)C(F)(F)F.OCc1ccc(-c2ccc3nccc(-c4ccncc4)c3n2)o1. The first kappa shape index (κ1) is 31.2. The molecule has 0 saturated carbocycles. The highest BCUT2D eigenvalue weighted by molar-refractivity contribution is 7.87. The van der Waals surface area contributed by atoms with Crippen LogP contribution in [-0.4, -0.2) is 48.9 Å². The third-order valence-electron chi connectivity index (χ3n) is 6.67. The van der Waals surface area contributed by atoms with Crippen LogP contribution in [0.25, 0.3) is 55.8 Å². The van der Waals surface area contributed by atoms with Crippen molar-refractivity contribution in [3.05, 3.63) is 116 Å². The van der Waals surface area contributed by atoms with Gasteiger partial charge in [0, 0.05) is 54.4 Å². The monoisotopic (exact) mass is 658 g/mol. The van der Waals surface area contributed by atoms with Crippen molar-refractivity contribution in [3.8, 4) is 39.6 Å². The van der Waals surface area contributed by atoms with Crippen LogP contribution in [0.1, 0.15) is 5.76 Å². The van der Waals surface area contributed by atoms with Crippen LogP contribution in [0.5, 0.6) is 5.88 Å². The number of furan rings is 1. The zero-order valence-electron chi connectivity index (χ0n) is 23.9. The van der Waals surface area contributed by atoms with Crippen molar-refractivity contribution in [2.24, 2.45) is 0 Å². The summed E-state index contributed by atoms with van der Waals surface area (Å²) in [6.45, 7) is -0.128. The Hall–Kier alpha value is -5.80. The van der Waals surface area contributed by atoms with E-state index in [4.69, 9.17) is 14.5 Å². The smallest absolute Gasteiger partial charge is 0.457 e. The second-order valence-electron chi connectivity index (χ2n) is 9.68. The van der Waals surface area contributed by atoms with Crippen LogP contribution in [0.3, 0.4) is 0 Å². The fourth-order valence-electron chi connectivity index (χ4n) is 4.51. The third-order valence-corrected chi connectivity index (χ3v) is 7.63. The number of aliphatic hydroxyl groups is 1. The minimum absolute atomic E-state index is 0.128. The Labute approximate surface area is 264 Å². The van der Waals surface area contributed by atoms with Crippen molar-refractivity contribution in [1.29, 1.82) is 0 Å². The summed E-state index contributed by atoms with van der Waals surface area (Å²) in [5.74, 6) is 0.450. The molecule has 7 aromatic heterocycles. The Balaban J connectivity index is 0.000000164. The van der Waals surface area contributed by atoms with Crippen LogP contribution in [-0.2, 0) is 16.7 Å². The van der Waals surface area contributed by atoms with Gasteiger partial charge in [-0.25, -0.2) is 9.97 Å². The highest BCUT2D eigenvalue weighted by atomic mass is 32.2. The third kappa shape index (κ3) is 6.75. The summed E-state index contributed by atoms with van der Waals surface area (Å²) in [6.07, 6.45) is 9.87. The average Bonchev–Trinajstić information content (AvgIpc) is 3.58. The average molecular weight is 659 g/mol. The van der Waals surface area contributed by atoms with Gasteiger partial charge >= 0.3 is 15.6 Å². The van der Waals surface area contributed by atoms with E-state index in [1.54, 1.807) is 42.9 Å². The minimum atomic E-state index is -5.79. The fourth-order valence-corrected chi connectivity index (χ4v) is 4.92. The molecule has 0 atom stereocenters. The molecule has 11 nitrogen and oxygen atoms in total. The van der Waals surface area contributed by atoms with E-state index in [-0.39, 0.29) is 12.1 Å². The lowest BCUT2D eigenvalue weighted by Crippen LogP contribution is -2.28. The van der Waals surface area contributed by atoms with Crippen molar-refractivity contribution < 1.29 is 35.3 Å². The van der Waals surface area contributed by atoms with E-state index in [1.807, 2.05) is 36.4 Å². The van der Waals surface area contributed by atoms with Crippen molar-refractivity contribution in [2.75, 3.05) is 0 Å². The Morgan fingerprint density at radius 2 is 1.23 bits per heavy atom. The molecule has 7 heterocycles. The maximum absolute atomic E-state index is 12.4. The van der Waals surface area contributed by atoms with Gasteiger partial charge in [-0.3, -0.25) is 19.9 Å². The van der Waals surface area contributed by atoms with Crippen LogP contribution in [0.15, 0.2) is 114 Å². The number of fused-ring (bicyclic) bond motifs is 2. The van der Waals surface area contributed by atoms with Gasteiger partial charge in [0.25, 0.3) is 0 Å². The molecule has 0 spiro atoms. The molecule has 0 aliphatic heterocycles. The van der Waals surface area contributed by atoms with Gasteiger partial charge in [0.1, 0.15) is 23.6 Å². The summed E-state index contributed by atoms with van der Waals surface area (Å²) >= 11 is 0. The van der Waals surface area contributed by atoms with Crippen LogP contribution in [0.2, 0.25) is 0 Å². The Morgan fingerprint density at radius 3 is 1.77 bits per heavy atom. The van der Waals surface area contributed by atoms with Crippen LogP contribution in [0, 0.1) is 0 Å². The number of rotatable bonds is 6. The predicted molar refractivity (Wildman–Crippen MR) is 165 cm³/mol. The Morgan fingerprint density at radius 1 is 0.681 bits per heavy atom. The van der Waals surface area contributed by atoms with Crippen molar-refractivity contribution >= 4 is 32.2 Å². The molecule has 0 aliphatic rings. The van der Waals surface area contributed by atoms with Gasteiger partial charge in [-0.1, -0.05) is 0 Å². The van der Waals surface area contributed by atoms with Gasteiger partial charge in [-0.2, -0.15) is 21.6 Å². The molecule has 0 fully saturated rings. The summed E-state index contributed by atoms with van der Waals surface area (Å²) in [5, 5.41) is 9.13. The summed E-state index contributed by atoms with van der Waals surface area (Å²) in [7, 11) is -5.79. The molecule has 7 rings (SSSR count). The van der Waals surface area contributed by atoms with Gasteiger partial charge in [0.05, 0.1) is 16.6 Å². The van der Waals surface area contributed by atoms with E-state index < -0.39 is 21.5 Å². The van der Waals surface area contributed by atoms with Crippen molar-refractivity contribution in [2.45, 2.75) is 12.1 Å². The maximum atomic E-state index is 12.4. The molecule has 0 bridgehead atoms. The predicted octanol–water partition coefficient (Wildman–Crippen LogP) is 6.36. The number of aromatic nitrogens is 6. The number of halogens is 3. The van der Waals surface area contributed by atoms with E-state index in [9.17, 15) is 21.6 Å². The molecule has 15 heteroatoms. The molecule has 0 aromatic carbocycles. The number of nitrogens with zero attached hydrogens (tertiary/aromatic N) is 6. The minimum Gasteiger partial charge on any atom is -0.457 e. The molecule has 7 aromatic rings. The standard InChI is InChI=1S/C18H13N3O2.C14H8F3N3O3S/c22-11-13-1-4-17(23-13)15-2-3-16-18(21-15)14(7-10-20-16)12-5-8-19-9-6-12;15-14(16,17)24(21,22)23-12-2-1-11-13(20-12)10(5-8-19-11)9-3-6-18-7-4-9/h1-10,22H,11H2;1-8H. The second kappa shape index (κ2) is 12.9. The molecule has 0 unspecified atom stereocenters. The van der Waals surface area contributed by atoms with E-state index in [0.717, 1.165) is 28.2 Å². The molecule has 47 heavy (non-hydrogen) atoms. The summed E-state index contributed by atoms with van der Waals surface area (Å²) in [4.78, 5) is 24.9. The summed E-state index contributed by atoms with van der Waals surface area (Å²) in [5.41, 5.74) is 0.654. The molecular weight excluding hydrogens is 637 g/mol. The summed E-state index contributed by atoms with van der Waals surface area (Å²) in [6, 6.07) is 20.5. The van der Waals surface area contributed by atoms with Gasteiger partial charge in [-0.05, 0) is 77.9 Å². The maximum Gasteiger partial charge on any atom is 0.534 e. The Bertz CT molecular complexity index is 2290. The van der Waals surface area contributed by atoms with E-state index in [1.165, 1.54) is 24.7 Å². The lowest BCUT2D eigenvalue weighted by atomic mass is 10.1. The number of hydrogen-bond acceptors (Lipinski definition) is 11. The first-order chi connectivity index (χ1) is 22.6. The topological polar surface area (TPSA) is 154 Å². The van der Waals surface area contributed by atoms with Crippen LogP contribution in [0.4, 0.5) is 13.2 Å². The number of aliphatic hydroxyl groups excluding tert-OH is 1. The Kier molecular flexibility index (Phi) is 8.56. The van der Waals surface area contributed by atoms with Crippen LogP contribution < -0.4 is 4.18 Å². The number of pyridine rings is 6. The lowest BCUT2D eigenvalue weighted by molar-refractivity contribution is -0.0501. The summed E-state index contributed by atoms with van der Waals surface area (Å²) < 4.78 is 69.1. The van der Waals surface area contributed by atoms with E-state index in [2.05, 4.69) is 29.1 Å². The zero-order valence-corrected chi connectivity index (χ0v) is 24.7.